The van der Waals surface area contributed by atoms with Crippen molar-refractivity contribution in [2.45, 2.75) is 32.8 Å². The van der Waals surface area contributed by atoms with Crippen LogP contribution in [0.3, 0.4) is 0 Å². The lowest BCUT2D eigenvalue weighted by Gasteiger charge is -2.13. The number of nitriles is 1. The van der Waals surface area contributed by atoms with Crippen LogP contribution >= 0.6 is 11.3 Å². The van der Waals surface area contributed by atoms with Crippen molar-refractivity contribution < 1.29 is 14.3 Å². The second-order valence-corrected chi connectivity index (χ2v) is 7.54. The first-order valence-electron chi connectivity index (χ1n) is 9.52. The average molecular weight is 420 g/mol. The maximum Gasteiger partial charge on any atom is 0.312 e. The lowest BCUT2D eigenvalue weighted by Crippen LogP contribution is -2.30. The normalized spacial score (nSPS) is 11.4. The molecule has 0 aliphatic rings. The van der Waals surface area contributed by atoms with Crippen LogP contribution in [0, 0.1) is 11.3 Å². The lowest BCUT2D eigenvalue weighted by atomic mass is 10.1. The van der Waals surface area contributed by atoms with Crippen molar-refractivity contribution in [3.05, 3.63) is 70.7 Å². The summed E-state index contributed by atoms with van der Waals surface area (Å²) in [6.45, 7) is 3.61. The van der Waals surface area contributed by atoms with Crippen molar-refractivity contribution in [1.82, 2.24) is 4.98 Å². The van der Waals surface area contributed by atoms with Crippen molar-refractivity contribution in [3.63, 3.8) is 0 Å². The summed E-state index contributed by atoms with van der Waals surface area (Å²) in [6.07, 6.45) is -0.00141. The molecule has 30 heavy (non-hydrogen) atoms. The largest absolute Gasteiger partial charge is 0.452 e. The molecule has 1 N–H and O–H groups in total. The monoisotopic (exact) mass is 419 g/mol. The molecule has 0 aliphatic carbocycles. The number of hydrogen-bond acceptors (Lipinski definition) is 6. The van der Waals surface area contributed by atoms with Gasteiger partial charge in [-0.1, -0.05) is 37.3 Å². The Bertz CT molecular complexity index is 1080. The van der Waals surface area contributed by atoms with Crippen LogP contribution in [0.25, 0.3) is 10.6 Å². The van der Waals surface area contributed by atoms with Crippen LogP contribution in [-0.2, 0) is 27.2 Å². The molecule has 0 saturated heterocycles. The van der Waals surface area contributed by atoms with Crippen LogP contribution in [0.2, 0.25) is 0 Å². The molecule has 3 rings (SSSR count). The summed E-state index contributed by atoms with van der Waals surface area (Å²) in [5.74, 6) is -0.991. The van der Waals surface area contributed by atoms with Gasteiger partial charge in [-0.25, -0.2) is 4.98 Å². The minimum absolute atomic E-state index is 0.00885. The Hall–Kier alpha value is -3.50. The zero-order valence-corrected chi connectivity index (χ0v) is 17.5. The molecule has 1 aromatic heterocycles. The highest BCUT2D eigenvalue weighted by atomic mass is 32.1. The highest BCUT2D eigenvalue weighted by Crippen LogP contribution is 2.24. The summed E-state index contributed by atoms with van der Waals surface area (Å²) in [4.78, 5) is 29.0. The fourth-order valence-electron chi connectivity index (χ4n) is 2.75. The molecule has 7 heteroatoms. The second-order valence-electron chi connectivity index (χ2n) is 6.69. The van der Waals surface area contributed by atoms with Crippen LogP contribution in [-0.4, -0.2) is 23.0 Å². The standard InChI is InChI=1S/C23H21N3O3S/c1-3-16-7-9-18(10-8-16)23-26-20(14-30-23)12-21(27)29-15(2)22(28)25-19-6-4-5-17(11-19)13-24/h4-11,14-15H,3,12H2,1-2H3,(H,25,28)/t15-/m0/s1. The van der Waals surface area contributed by atoms with Gasteiger partial charge in [0.15, 0.2) is 6.10 Å². The third-order valence-corrected chi connectivity index (χ3v) is 5.36. The molecule has 1 atom stereocenters. The predicted molar refractivity (Wildman–Crippen MR) is 116 cm³/mol. The zero-order valence-electron chi connectivity index (χ0n) is 16.7. The van der Waals surface area contributed by atoms with Gasteiger partial charge in [-0.3, -0.25) is 9.59 Å². The van der Waals surface area contributed by atoms with Gasteiger partial charge in [0, 0.05) is 16.6 Å². The third-order valence-electron chi connectivity index (χ3n) is 4.42. The fraction of sp³-hybridized carbons (Fsp3) is 0.217. The number of nitrogens with one attached hydrogen (secondary N) is 1. The number of carbonyl (C=O) groups is 2. The van der Waals surface area contributed by atoms with Crippen molar-refractivity contribution >= 4 is 28.9 Å². The number of hydrogen-bond donors (Lipinski definition) is 1. The Morgan fingerprint density at radius 3 is 2.70 bits per heavy atom. The quantitative estimate of drug-likeness (QED) is 0.575. The highest BCUT2D eigenvalue weighted by Gasteiger charge is 2.19. The Morgan fingerprint density at radius 1 is 1.23 bits per heavy atom. The van der Waals surface area contributed by atoms with Gasteiger partial charge in [0.05, 0.1) is 23.7 Å². The van der Waals surface area contributed by atoms with Gasteiger partial charge < -0.3 is 10.1 Å². The highest BCUT2D eigenvalue weighted by molar-refractivity contribution is 7.13. The van der Waals surface area contributed by atoms with E-state index in [-0.39, 0.29) is 6.42 Å². The maximum atomic E-state index is 12.3. The number of nitrogens with zero attached hydrogens (tertiary/aromatic N) is 2. The molecule has 0 fully saturated rings. The van der Waals surface area contributed by atoms with E-state index in [4.69, 9.17) is 10.00 Å². The summed E-state index contributed by atoms with van der Waals surface area (Å²) >= 11 is 1.46. The Labute approximate surface area is 179 Å². The molecular formula is C23H21N3O3S. The number of rotatable bonds is 7. The molecule has 0 bridgehead atoms. The van der Waals surface area contributed by atoms with Gasteiger partial charge in [-0.2, -0.15) is 5.26 Å². The summed E-state index contributed by atoms with van der Waals surface area (Å²) in [5, 5.41) is 14.2. The van der Waals surface area contributed by atoms with E-state index < -0.39 is 18.0 Å². The first kappa shape index (κ1) is 21.2. The number of aromatic nitrogens is 1. The zero-order chi connectivity index (χ0) is 21.5. The molecule has 0 aliphatic heterocycles. The molecule has 0 spiro atoms. The maximum absolute atomic E-state index is 12.3. The van der Waals surface area contributed by atoms with E-state index in [0.29, 0.717) is 16.9 Å². The van der Waals surface area contributed by atoms with Crippen LogP contribution < -0.4 is 5.32 Å². The van der Waals surface area contributed by atoms with Crippen molar-refractivity contribution in [3.8, 4) is 16.6 Å². The number of aryl methyl sites for hydroxylation is 1. The molecule has 0 radical (unpaired) electrons. The molecule has 0 unspecified atom stereocenters. The van der Waals surface area contributed by atoms with Gasteiger partial charge in [-0.15, -0.1) is 11.3 Å². The predicted octanol–water partition coefficient (Wildman–Crippen LogP) is 4.36. The summed E-state index contributed by atoms with van der Waals surface area (Å²) in [6, 6.07) is 16.7. The van der Waals surface area contributed by atoms with Crippen LogP contribution in [0.4, 0.5) is 5.69 Å². The fourth-order valence-corrected chi connectivity index (χ4v) is 3.58. The Balaban J connectivity index is 1.55. The van der Waals surface area contributed by atoms with E-state index in [1.807, 2.05) is 23.6 Å². The first-order valence-corrected chi connectivity index (χ1v) is 10.4. The molecule has 1 amide bonds. The minimum Gasteiger partial charge on any atom is -0.452 e. The number of thiazole rings is 1. The minimum atomic E-state index is -0.970. The molecule has 152 valence electrons. The van der Waals surface area contributed by atoms with Gasteiger partial charge >= 0.3 is 5.97 Å². The number of amides is 1. The van der Waals surface area contributed by atoms with E-state index in [2.05, 4.69) is 29.4 Å². The molecule has 0 saturated carbocycles. The molecule has 2 aromatic carbocycles. The first-order chi connectivity index (χ1) is 14.5. The number of esters is 1. The summed E-state index contributed by atoms with van der Waals surface area (Å²) < 4.78 is 5.24. The molecule has 6 nitrogen and oxygen atoms in total. The number of benzene rings is 2. The third kappa shape index (κ3) is 5.52. The van der Waals surface area contributed by atoms with Gasteiger partial charge in [0.25, 0.3) is 5.91 Å². The van der Waals surface area contributed by atoms with Gasteiger partial charge in [-0.05, 0) is 37.1 Å². The molecular weight excluding hydrogens is 398 g/mol. The number of carbonyl (C=O) groups excluding carboxylic acids is 2. The van der Waals surface area contributed by atoms with Crippen LogP contribution in [0.1, 0.15) is 30.7 Å². The van der Waals surface area contributed by atoms with E-state index in [0.717, 1.165) is 17.0 Å². The van der Waals surface area contributed by atoms with Crippen LogP contribution in [0.15, 0.2) is 53.9 Å². The SMILES string of the molecule is CCc1ccc(-c2nc(CC(=O)O[C@@H](C)C(=O)Nc3cccc(C#N)c3)cs2)cc1. The van der Waals surface area contributed by atoms with E-state index >= 15 is 0 Å². The van der Waals surface area contributed by atoms with Crippen molar-refractivity contribution in [1.29, 1.82) is 5.26 Å². The topological polar surface area (TPSA) is 92.1 Å². The number of ether oxygens (including phenoxy) is 1. The average Bonchev–Trinajstić information content (AvgIpc) is 3.22. The molecule has 3 aromatic rings. The van der Waals surface area contributed by atoms with Crippen molar-refractivity contribution in [2.75, 3.05) is 5.32 Å². The van der Waals surface area contributed by atoms with Crippen molar-refractivity contribution in [2.24, 2.45) is 0 Å². The lowest BCUT2D eigenvalue weighted by molar-refractivity contribution is -0.152. The number of anilines is 1. The smallest absolute Gasteiger partial charge is 0.312 e. The van der Waals surface area contributed by atoms with Crippen LogP contribution in [0.5, 0.6) is 0 Å². The Morgan fingerprint density at radius 2 is 2.00 bits per heavy atom. The second kappa shape index (κ2) is 9.81. The van der Waals surface area contributed by atoms with Gasteiger partial charge in [0.2, 0.25) is 0 Å². The Kier molecular flexibility index (Phi) is 6.94. The summed E-state index contributed by atoms with van der Waals surface area (Å²) in [5.41, 5.74) is 3.77. The van der Waals surface area contributed by atoms with E-state index in [1.165, 1.54) is 23.8 Å². The molecule has 1 heterocycles. The van der Waals surface area contributed by atoms with E-state index in [1.54, 1.807) is 24.3 Å². The summed E-state index contributed by atoms with van der Waals surface area (Å²) in [7, 11) is 0. The van der Waals surface area contributed by atoms with E-state index in [9.17, 15) is 9.59 Å². The van der Waals surface area contributed by atoms with Gasteiger partial charge in [0.1, 0.15) is 5.01 Å².